The van der Waals surface area contributed by atoms with E-state index in [1.165, 1.54) is 6.08 Å². The number of hydrogen-bond donors (Lipinski definition) is 2. The lowest BCUT2D eigenvalue weighted by Crippen LogP contribution is -2.38. The van der Waals surface area contributed by atoms with Gasteiger partial charge in [0.05, 0.1) is 13.2 Å². The van der Waals surface area contributed by atoms with E-state index in [0.29, 0.717) is 13.2 Å². The molecule has 7 nitrogen and oxygen atoms in total. The first kappa shape index (κ1) is 19.2. The summed E-state index contributed by atoms with van der Waals surface area (Å²) in [5.41, 5.74) is 0.802. The van der Waals surface area contributed by atoms with Crippen molar-refractivity contribution in [2.75, 3.05) is 26.3 Å². The minimum Gasteiger partial charge on any atom is -0.494 e. The van der Waals surface area contributed by atoms with Gasteiger partial charge in [0.15, 0.2) is 6.61 Å². The predicted octanol–water partition coefficient (Wildman–Crippen LogP) is 0.894. The van der Waals surface area contributed by atoms with Crippen molar-refractivity contribution >= 4 is 23.9 Å². The molecule has 0 bridgehead atoms. The van der Waals surface area contributed by atoms with Crippen LogP contribution >= 0.6 is 0 Å². The number of carbonyl (C=O) groups excluding carboxylic acids is 3. The van der Waals surface area contributed by atoms with Crippen molar-refractivity contribution in [3.8, 4) is 5.75 Å². The number of likely N-dealkylation sites (N-methyl/N-ethyl adjacent to an activating group) is 1. The summed E-state index contributed by atoms with van der Waals surface area (Å²) in [6.07, 6.45) is 2.80. The molecule has 0 saturated carbocycles. The molecule has 1 rings (SSSR count). The molecule has 0 aliphatic heterocycles. The first-order valence-electron chi connectivity index (χ1n) is 7.66. The van der Waals surface area contributed by atoms with Gasteiger partial charge in [-0.3, -0.25) is 9.59 Å². The van der Waals surface area contributed by atoms with E-state index in [1.54, 1.807) is 37.3 Å². The Bertz CT molecular complexity index is 581. The fourth-order valence-electron chi connectivity index (χ4n) is 1.68. The van der Waals surface area contributed by atoms with Gasteiger partial charge in [0.25, 0.3) is 5.91 Å². The molecule has 0 aliphatic rings. The summed E-state index contributed by atoms with van der Waals surface area (Å²) in [5, 5.41) is 4.88. The van der Waals surface area contributed by atoms with E-state index >= 15 is 0 Å². The minimum atomic E-state index is -0.642. The standard InChI is InChI=1S/C17H22N2O5/c1-3-18-15(20)11-19-16(21)12-24-17(22)10-7-13-5-8-14(9-6-13)23-4-2/h5-10H,3-4,11-12H2,1-2H3,(H,18,20)(H,19,21)/b10-7+. The first-order chi connectivity index (χ1) is 11.5. The molecule has 2 N–H and O–H groups in total. The van der Waals surface area contributed by atoms with Crippen LogP contribution < -0.4 is 15.4 Å². The van der Waals surface area contributed by atoms with Crippen LogP contribution in [0.5, 0.6) is 5.75 Å². The topological polar surface area (TPSA) is 93.7 Å². The second kappa shape index (κ2) is 10.8. The monoisotopic (exact) mass is 334 g/mol. The van der Waals surface area contributed by atoms with Gasteiger partial charge in [-0.05, 0) is 37.6 Å². The molecule has 0 aromatic heterocycles. The average molecular weight is 334 g/mol. The summed E-state index contributed by atoms with van der Waals surface area (Å²) in [6, 6.07) is 7.19. The Labute approximate surface area is 141 Å². The summed E-state index contributed by atoms with van der Waals surface area (Å²) in [6.45, 7) is 4.16. The Morgan fingerprint density at radius 3 is 2.38 bits per heavy atom. The molecular formula is C17H22N2O5. The number of nitrogens with one attached hydrogen (secondary N) is 2. The molecule has 0 spiro atoms. The van der Waals surface area contributed by atoms with Gasteiger partial charge in [0.2, 0.25) is 5.91 Å². The molecule has 0 radical (unpaired) electrons. The largest absolute Gasteiger partial charge is 0.494 e. The molecule has 130 valence electrons. The van der Waals surface area contributed by atoms with Gasteiger partial charge < -0.3 is 20.1 Å². The molecule has 0 saturated heterocycles. The summed E-state index contributed by atoms with van der Waals surface area (Å²) < 4.78 is 10.1. The van der Waals surface area contributed by atoms with Crippen LogP contribution in [0.2, 0.25) is 0 Å². The smallest absolute Gasteiger partial charge is 0.331 e. The highest BCUT2D eigenvalue weighted by atomic mass is 16.5. The van der Waals surface area contributed by atoms with Crippen LogP contribution in [-0.2, 0) is 19.1 Å². The average Bonchev–Trinajstić information content (AvgIpc) is 2.58. The number of ether oxygens (including phenoxy) is 2. The van der Waals surface area contributed by atoms with Crippen molar-refractivity contribution in [1.29, 1.82) is 0 Å². The molecule has 24 heavy (non-hydrogen) atoms. The van der Waals surface area contributed by atoms with Crippen molar-refractivity contribution in [3.05, 3.63) is 35.9 Å². The number of carbonyl (C=O) groups is 3. The quantitative estimate of drug-likeness (QED) is 0.517. The maximum atomic E-state index is 11.5. The van der Waals surface area contributed by atoms with E-state index in [2.05, 4.69) is 10.6 Å². The molecule has 0 atom stereocenters. The van der Waals surface area contributed by atoms with Crippen LogP contribution in [0.3, 0.4) is 0 Å². The Hall–Kier alpha value is -2.83. The molecule has 0 heterocycles. The Kier molecular flexibility index (Phi) is 8.67. The summed E-state index contributed by atoms with van der Waals surface area (Å²) in [5.74, 6) is -0.727. The summed E-state index contributed by atoms with van der Waals surface area (Å²) in [4.78, 5) is 34.1. The zero-order valence-corrected chi connectivity index (χ0v) is 13.8. The Morgan fingerprint density at radius 1 is 1.04 bits per heavy atom. The van der Waals surface area contributed by atoms with E-state index in [0.717, 1.165) is 11.3 Å². The van der Waals surface area contributed by atoms with Gasteiger partial charge in [-0.25, -0.2) is 4.79 Å². The number of hydrogen-bond acceptors (Lipinski definition) is 5. The van der Waals surface area contributed by atoms with Crippen molar-refractivity contribution < 1.29 is 23.9 Å². The fraction of sp³-hybridized carbons (Fsp3) is 0.353. The number of esters is 1. The van der Waals surface area contributed by atoms with Crippen LogP contribution in [-0.4, -0.2) is 44.1 Å². The van der Waals surface area contributed by atoms with Gasteiger partial charge in [0.1, 0.15) is 5.75 Å². The van der Waals surface area contributed by atoms with Crippen LogP contribution in [0.4, 0.5) is 0 Å². The highest BCUT2D eigenvalue weighted by Crippen LogP contribution is 2.12. The summed E-state index contributed by atoms with van der Waals surface area (Å²) >= 11 is 0. The van der Waals surface area contributed by atoms with Crippen molar-refractivity contribution in [3.63, 3.8) is 0 Å². The fourth-order valence-corrected chi connectivity index (χ4v) is 1.68. The molecule has 7 heteroatoms. The van der Waals surface area contributed by atoms with Crippen LogP contribution in [0.25, 0.3) is 6.08 Å². The lowest BCUT2D eigenvalue weighted by molar-refractivity contribution is -0.143. The third-order valence-corrected chi connectivity index (χ3v) is 2.77. The SMILES string of the molecule is CCNC(=O)CNC(=O)COC(=O)/C=C/c1ccc(OCC)cc1. The molecule has 0 unspecified atom stereocenters. The van der Waals surface area contributed by atoms with Gasteiger partial charge in [-0.15, -0.1) is 0 Å². The molecule has 0 fully saturated rings. The van der Waals surface area contributed by atoms with Crippen LogP contribution in [0.1, 0.15) is 19.4 Å². The van der Waals surface area contributed by atoms with Gasteiger partial charge in [-0.2, -0.15) is 0 Å². The Morgan fingerprint density at radius 2 is 1.75 bits per heavy atom. The molecule has 1 aromatic carbocycles. The van der Waals surface area contributed by atoms with E-state index in [1.807, 2.05) is 6.92 Å². The highest BCUT2D eigenvalue weighted by molar-refractivity contribution is 5.90. The highest BCUT2D eigenvalue weighted by Gasteiger charge is 2.07. The maximum Gasteiger partial charge on any atom is 0.331 e. The lowest BCUT2D eigenvalue weighted by Gasteiger charge is -2.05. The van der Waals surface area contributed by atoms with Crippen LogP contribution in [0.15, 0.2) is 30.3 Å². The Balaban J connectivity index is 2.32. The van der Waals surface area contributed by atoms with Gasteiger partial charge >= 0.3 is 5.97 Å². The zero-order chi connectivity index (χ0) is 17.8. The van der Waals surface area contributed by atoms with Crippen molar-refractivity contribution in [2.24, 2.45) is 0 Å². The molecule has 1 aromatic rings. The van der Waals surface area contributed by atoms with E-state index in [4.69, 9.17) is 9.47 Å². The normalized spacial score (nSPS) is 10.2. The van der Waals surface area contributed by atoms with E-state index in [-0.39, 0.29) is 12.5 Å². The lowest BCUT2D eigenvalue weighted by atomic mass is 10.2. The molecule has 0 aliphatic carbocycles. The second-order valence-corrected chi connectivity index (χ2v) is 4.67. The van der Waals surface area contributed by atoms with E-state index < -0.39 is 18.5 Å². The third kappa shape index (κ3) is 7.98. The van der Waals surface area contributed by atoms with Crippen molar-refractivity contribution in [2.45, 2.75) is 13.8 Å². The number of benzene rings is 1. The predicted molar refractivity (Wildman–Crippen MR) is 89.3 cm³/mol. The first-order valence-corrected chi connectivity index (χ1v) is 7.66. The van der Waals surface area contributed by atoms with Gasteiger partial charge in [-0.1, -0.05) is 12.1 Å². The molecular weight excluding hydrogens is 312 g/mol. The van der Waals surface area contributed by atoms with Crippen LogP contribution in [0, 0.1) is 0 Å². The number of rotatable bonds is 9. The maximum absolute atomic E-state index is 11.5. The molecule has 2 amide bonds. The van der Waals surface area contributed by atoms with Crippen molar-refractivity contribution in [1.82, 2.24) is 10.6 Å². The number of amides is 2. The second-order valence-electron chi connectivity index (χ2n) is 4.67. The van der Waals surface area contributed by atoms with Gasteiger partial charge in [0, 0.05) is 12.6 Å². The third-order valence-electron chi connectivity index (χ3n) is 2.77. The summed E-state index contributed by atoms with van der Waals surface area (Å²) in [7, 11) is 0. The van der Waals surface area contributed by atoms with E-state index in [9.17, 15) is 14.4 Å². The minimum absolute atomic E-state index is 0.147. The zero-order valence-electron chi connectivity index (χ0n) is 13.8.